The number of carbonyl (C=O) groups excluding carboxylic acids is 6. The Morgan fingerprint density at radius 2 is 0.600 bits per heavy atom. The molecule has 5 N–H and O–H groups in total. The Balaban J connectivity index is 0.00000340. The Hall–Kier alpha value is -2.96. The van der Waals surface area contributed by atoms with Crippen molar-refractivity contribution in [3.8, 4) is 23.0 Å². The fourth-order valence-corrected chi connectivity index (χ4v) is 12.7. The van der Waals surface area contributed by atoms with E-state index in [1.54, 1.807) is 0 Å². The molecule has 0 amide bonds. The second-order valence-electron chi connectivity index (χ2n) is 25.9. The van der Waals surface area contributed by atoms with Crippen molar-refractivity contribution in [3.05, 3.63) is 45.5 Å². The molecular weight excluding hydrogens is 1350 g/mol. The third-order valence-corrected chi connectivity index (χ3v) is 18.8. The largest absolute Gasteiger partial charge is 1.00 e. The van der Waals surface area contributed by atoms with Crippen LogP contribution in [0.1, 0.15) is 327 Å². The molecule has 1 aliphatic rings. The van der Waals surface area contributed by atoms with Gasteiger partial charge in [-0.15, -0.1) is 0 Å². The first-order valence-electron chi connectivity index (χ1n) is 36.7. The quantitative estimate of drug-likeness (QED) is 0.00876. The molecule has 0 heterocycles. The minimum absolute atomic E-state index is 0. The molecule has 0 fully saturated rings. The van der Waals surface area contributed by atoms with E-state index in [1.807, 2.05) is 0 Å². The number of fused-ring (bicyclic) bond motifs is 2. The minimum atomic E-state index is -5.20. The van der Waals surface area contributed by atoms with E-state index in [-0.39, 0.29) is 118 Å². The van der Waals surface area contributed by atoms with Gasteiger partial charge in [0.05, 0.1) is 48.7 Å². The smallest absolute Gasteiger partial charge is 0.756 e. The number of carbonyl (C=O) groups is 6. The molecule has 562 valence electrons. The molecule has 2 aromatic carbocycles. The number of phenolic OH excluding ortho intramolecular Hbond substituents is 4. The van der Waals surface area contributed by atoms with Gasteiger partial charge in [0.1, 0.15) is 42.3 Å². The van der Waals surface area contributed by atoms with Crippen molar-refractivity contribution in [2.75, 3.05) is 39.6 Å². The number of benzene rings is 2. The number of unbranched alkanes of at least 4 members (excludes halogenated alkanes) is 32. The Bertz CT molecular complexity index is 2550. The molecule has 23 nitrogen and oxygen atoms in total. The van der Waals surface area contributed by atoms with Crippen LogP contribution in [0.4, 0.5) is 0 Å². The van der Waals surface area contributed by atoms with Crippen LogP contribution in [0, 0.1) is 13.8 Å². The number of hydrogen-bond acceptors (Lipinski definition) is 23. The van der Waals surface area contributed by atoms with Crippen LogP contribution in [-0.2, 0) is 65.4 Å². The Labute approximate surface area is 640 Å². The number of phosphoric ester groups is 2. The molecule has 0 spiro atoms. The number of ketones is 2. The van der Waals surface area contributed by atoms with Gasteiger partial charge < -0.3 is 72.4 Å². The summed E-state index contributed by atoms with van der Waals surface area (Å²) in [5.41, 5.74) is -1.04. The number of esters is 4. The number of phenols is 4. The fraction of sp³-hybridized carbons (Fsp3) is 0.753. The molecule has 0 radical (unpaired) electrons. The molecule has 0 saturated carbocycles. The number of aliphatic hydroxyl groups is 1. The molecule has 1 aliphatic carbocycles. The number of aromatic hydroxyl groups is 4. The molecule has 27 heteroatoms. The van der Waals surface area contributed by atoms with Gasteiger partial charge in [-0.05, 0) is 62.8 Å². The summed E-state index contributed by atoms with van der Waals surface area (Å²) in [7, 11) is -10.4. The second kappa shape index (κ2) is 58.2. The van der Waals surface area contributed by atoms with Crippen LogP contribution in [0.15, 0.2) is 12.1 Å². The van der Waals surface area contributed by atoms with E-state index < -0.39 is 132 Å². The standard InChI is InChI=1S/C57H110O17P2.C16H12O6.2Na/c1-5-9-13-17-21-25-29-33-37-41-54(59)67-47-52(73-56(61)43-39-35-31-27-23-19-15-11-7-3)49-71-75(63,64)69-45-51(58)46-70-76(65,66)72-50-53(74-57(62)44-40-36-32-28-24-20-16-12-8-4)48-68-55(60)42-38-34-30-26-22-18-14-10-6-2;1-5-3-7(17)9-11(13(5)19)15(21)10-8(18)4-6(2)14(20)12(10)16(9)22;;/h51-53,58H,5-50H2,1-4H3,(H,63,64)(H,65,66);3-4,17-20H,1-2H3;;/q;;2*+1/p-2. The molecule has 100 heavy (non-hydrogen) atoms. The van der Waals surface area contributed by atoms with Gasteiger partial charge in [-0.25, -0.2) is 0 Å². The van der Waals surface area contributed by atoms with E-state index in [0.717, 1.165) is 115 Å². The van der Waals surface area contributed by atoms with Crippen LogP contribution in [0.5, 0.6) is 23.0 Å². The second-order valence-corrected chi connectivity index (χ2v) is 28.7. The average Bonchev–Trinajstić information content (AvgIpc) is 0.729. The van der Waals surface area contributed by atoms with Crippen LogP contribution in [0.2, 0.25) is 0 Å². The minimum Gasteiger partial charge on any atom is -0.756 e. The van der Waals surface area contributed by atoms with E-state index in [1.165, 1.54) is 117 Å². The van der Waals surface area contributed by atoms with E-state index in [4.69, 9.17) is 37.0 Å². The van der Waals surface area contributed by atoms with E-state index in [9.17, 15) is 73.2 Å². The third kappa shape index (κ3) is 43.5. The summed E-state index contributed by atoms with van der Waals surface area (Å²) < 4.78 is 66.7. The summed E-state index contributed by atoms with van der Waals surface area (Å²) in [6, 6.07) is 2.33. The number of phosphoric acid groups is 2. The fourth-order valence-electron chi connectivity index (χ4n) is 11.1. The first kappa shape index (κ1) is 97.0. The van der Waals surface area contributed by atoms with Gasteiger partial charge in [-0.3, -0.25) is 37.9 Å². The maximum absolute atomic E-state index is 12.8. The molecule has 4 unspecified atom stereocenters. The first-order chi connectivity index (χ1) is 46.9. The van der Waals surface area contributed by atoms with Crippen molar-refractivity contribution < 1.29 is 169 Å². The molecular formula is C73H120Na2O23P2. The number of hydrogen-bond donors (Lipinski definition) is 5. The predicted octanol–water partition coefficient (Wildman–Crippen LogP) is 9.85. The van der Waals surface area contributed by atoms with Crippen LogP contribution in [-0.4, -0.2) is 119 Å². The van der Waals surface area contributed by atoms with E-state index >= 15 is 0 Å². The molecule has 0 bridgehead atoms. The van der Waals surface area contributed by atoms with E-state index in [0.29, 0.717) is 25.7 Å². The molecule has 0 aliphatic heterocycles. The van der Waals surface area contributed by atoms with Crippen molar-refractivity contribution >= 4 is 51.1 Å². The number of ether oxygens (including phenoxy) is 4. The van der Waals surface area contributed by atoms with Crippen LogP contribution in [0.25, 0.3) is 0 Å². The molecule has 4 atom stereocenters. The van der Waals surface area contributed by atoms with Gasteiger partial charge in [0.2, 0.25) is 11.6 Å². The van der Waals surface area contributed by atoms with Crippen molar-refractivity contribution in [1.82, 2.24) is 0 Å². The third-order valence-electron chi connectivity index (χ3n) is 16.9. The zero-order chi connectivity index (χ0) is 72.6. The SMILES string of the molecule is CCCCCCCCCCCC(=O)OCC(COP(=O)([O-])OCC(O)COP(=O)([O-])OCC(COC(=O)CCCCCCCCCCC)OC(=O)CCCCCCCCCCC)OC(=O)CCCCCCCCCCC.Cc1cc(O)c2c(c1O)C(=O)c1c(O)cc(C)c(O)c1C2=O.[Na+].[Na+]. The Morgan fingerprint density at radius 3 is 0.860 bits per heavy atom. The summed E-state index contributed by atoms with van der Waals surface area (Å²) in [6.45, 7) is 7.30. The predicted molar refractivity (Wildman–Crippen MR) is 370 cm³/mol. The van der Waals surface area contributed by atoms with Crippen molar-refractivity contribution in [2.24, 2.45) is 0 Å². The van der Waals surface area contributed by atoms with E-state index in [2.05, 4.69) is 27.7 Å². The van der Waals surface area contributed by atoms with Gasteiger partial charge in [0.15, 0.2) is 12.2 Å². The van der Waals surface area contributed by atoms with Gasteiger partial charge >= 0.3 is 83.0 Å². The monoisotopic (exact) mass is 1470 g/mol. The molecule has 0 aromatic heterocycles. The topological polar surface area (TPSA) is 358 Å². The summed E-state index contributed by atoms with van der Waals surface area (Å²) >= 11 is 0. The van der Waals surface area contributed by atoms with Gasteiger partial charge in [-0.1, -0.05) is 233 Å². The van der Waals surface area contributed by atoms with Gasteiger partial charge in [0, 0.05) is 25.7 Å². The van der Waals surface area contributed by atoms with Crippen LogP contribution >= 0.6 is 15.6 Å². The number of aryl methyl sites for hydroxylation is 2. The maximum Gasteiger partial charge on any atom is 1.00 e. The number of rotatable bonds is 58. The summed E-state index contributed by atoms with van der Waals surface area (Å²) in [6.07, 6.45) is 34.2. The van der Waals surface area contributed by atoms with Gasteiger partial charge in [-0.2, -0.15) is 0 Å². The number of aliphatic hydroxyl groups excluding tert-OH is 1. The van der Waals surface area contributed by atoms with Crippen molar-refractivity contribution in [2.45, 2.75) is 317 Å². The summed E-state index contributed by atoms with van der Waals surface area (Å²) in [4.78, 5) is 101. The normalized spacial score (nSPS) is 13.8. The zero-order valence-corrected chi connectivity index (χ0v) is 67.7. The van der Waals surface area contributed by atoms with Crippen molar-refractivity contribution in [1.29, 1.82) is 0 Å². The van der Waals surface area contributed by atoms with Crippen molar-refractivity contribution in [3.63, 3.8) is 0 Å². The summed E-state index contributed by atoms with van der Waals surface area (Å²) in [5.74, 6) is -5.69. The molecule has 0 saturated heterocycles. The first-order valence-corrected chi connectivity index (χ1v) is 39.6. The van der Waals surface area contributed by atoms with Gasteiger partial charge in [0.25, 0.3) is 15.6 Å². The zero-order valence-electron chi connectivity index (χ0n) is 61.9. The average molecular weight is 1470 g/mol. The van der Waals surface area contributed by atoms with Crippen LogP contribution in [0.3, 0.4) is 0 Å². The Kier molecular flexibility index (Phi) is 56.5. The van der Waals surface area contributed by atoms with Crippen LogP contribution < -0.4 is 68.9 Å². The molecule has 2 aromatic rings. The summed E-state index contributed by atoms with van der Waals surface area (Å²) in [5, 5.41) is 50.5. The maximum atomic E-state index is 12.8. The Morgan fingerprint density at radius 1 is 0.370 bits per heavy atom. The molecule has 3 rings (SSSR count).